The van der Waals surface area contributed by atoms with Gasteiger partial charge in [0.05, 0.1) is 11.8 Å². The van der Waals surface area contributed by atoms with Gasteiger partial charge in [-0.3, -0.25) is 4.79 Å². The van der Waals surface area contributed by atoms with Crippen molar-refractivity contribution in [1.29, 1.82) is 0 Å². The molecule has 1 unspecified atom stereocenters. The molecule has 0 radical (unpaired) electrons. The van der Waals surface area contributed by atoms with Gasteiger partial charge < -0.3 is 9.32 Å². The Bertz CT molecular complexity index is 366. The van der Waals surface area contributed by atoms with Crippen LogP contribution in [0.25, 0.3) is 0 Å². The highest BCUT2D eigenvalue weighted by Crippen LogP contribution is 2.23. The fourth-order valence-corrected chi connectivity index (χ4v) is 2.84. The normalized spacial score (nSPS) is 21.7. The van der Waals surface area contributed by atoms with Crippen molar-refractivity contribution >= 4 is 29.3 Å². The Morgan fingerprint density at radius 2 is 2.53 bits per heavy atom. The Labute approximate surface area is 97.8 Å². The number of amides is 1. The Hall–Kier alpha value is -0.610. The minimum Gasteiger partial charge on any atom is -0.452 e. The summed E-state index contributed by atoms with van der Waals surface area (Å²) in [6.07, 6.45) is 1.44. The Balaban J connectivity index is 2.17. The first kappa shape index (κ1) is 10.9. The third kappa shape index (κ3) is 2.16. The van der Waals surface area contributed by atoms with Crippen LogP contribution in [0, 0.1) is 0 Å². The van der Waals surface area contributed by atoms with Crippen molar-refractivity contribution < 1.29 is 9.21 Å². The van der Waals surface area contributed by atoms with Crippen LogP contribution < -0.4 is 0 Å². The van der Waals surface area contributed by atoms with E-state index in [2.05, 4.69) is 6.92 Å². The molecule has 1 aromatic rings. The number of carbonyl (C=O) groups is 1. The molecule has 1 atom stereocenters. The van der Waals surface area contributed by atoms with Gasteiger partial charge in [0.1, 0.15) is 0 Å². The molecular formula is C10H12ClNO2S. The largest absolute Gasteiger partial charge is 0.452 e. The summed E-state index contributed by atoms with van der Waals surface area (Å²) in [5.41, 5.74) is 0.468. The second-order valence-electron chi connectivity index (χ2n) is 3.53. The Morgan fingerprint density at radius 3 is 3.13 bits per heavy atom. The number of furan rings is 1. The minimum absolute atomic E-state index is 0.0263. The number of halogens is 1. The van der Waals surface area contributed by atoms with Crippen LogP contribution in [-0.2, 0) is 0 Å². The highest BCUT2D eigenvalue weighted by atomic mass is 35.5. The number of nitrogens with zero attached hydrogens (tertiary/aromatic N) is 1. The maximum atomic E-state index is 12.1. The monoisotopic (exact) mass is 245 g/mol. The van der Waals surface area contributed by atoms with E-state index in [0.29, 0.717) is 5.56 Å². The summed E-state index contributed by atoms with van der Waals surface area (Å²) in [4.78, 5) is 13.9. The summed E-state index contributed by atoms with van der Waals surface area (Å²) < 4.78 is 4.92. The fraction of sp³-hybridized carbons (Fsp3) is 0.500. The highest BCUT2D eigenvalue weighted by molar-refractivity contribution is 7.99. The summed E-state index contributed by atoms with van der Waals surface area (Å²) in [7, 11) is 0. The molecule has 1 aliphatic heterocycles. The summed E-state index contributed by atoms with van der Waals surface area (Å²) in [6, 6.07) is 1.89. The van der Waals surface area contributed by atoms with Crippen LogP contribution in [0.3, 0.4) is 0 Å². The number of carbonyl (C=O) groups excluding carboxylic acids is 1. The van der Waals surface area contributed by atoms with E-state index in [4.69, 9.17) is 16.0 Å². The van der Waals surface area contributed by atoms with Gasteiger partial charge in [-0.15, -0.1) is 0 Å². The standard InChI is InChI=1S/C10H12ClNO2S/c1-7-6-15-5-3-12(7)10(13)8-2-4-14-9(8)11/h2,4,7H,3,5-6H2,1H3. The molecule has 0 N–H and O–H groups in total. The zero-order valence-corrected chi connectivity index (χ0v) is 9.98. The molecule has 0 saturated carbocycles. The first-order chi connectivity index (χ1) is 7.20. The molecule has 3 nitrogen and oxygen atoms in total. The van der Waals surface area contributed by atoms with Crippen LogP contribution in [0.15, 0.2) is 16.7 Å². The molecule has 5 heteroatoms. The van der Waals surface area contributed by atoms with Crippen molar-refractivity contribution in [2.45, 2.75) is 13.0 Å². The average molecular weight is 246 g/mol. The van der Waals surface area contributed by atoms with Crippen LogP contribution in [0.2, 0.25) is 5.22 Å². The van der Waals surface area contributed by atoms with Gasteiger partial charge in [-0.05, 0) is 24.6 Å². The van der Waals surface area contributed by atoms with Gasteiger partial charge in [-0.1, -0.05) is 0 Å². The molecule has 0 spiro atoms. The van der Waals surface area contributed by atoms with Gasteiger partial charge in [0.15, 0.2) is 0 Å². The second-order valence-corrected chi connectivity index (χ2v) is 5.02. The van der Waals surface area contributed by atoms with Gasteiger partial charge >= 0.3 is 0 Å². The van der Waals surface area contributed by atoms with Gasteiger partial charge in [0, 0.05) is 24.1 Å². The Morgan fingerprint density at radius 1 is 1.73 bits per heavy atom. The molecule has 15 heavy (non-hydrogen) atoms. The molecule has 2 rings (SSSR count). The average Bonchev–Trinajstić information content (AvgIpc) is 2.64. The predicted octanol–water partition coefficient (Wildman–Crippen LogP) is 2.51. The van der Waals surface area contributed by atoms with E-state index in [1.54, 1.807) is 6.07 Å². The van der Waals surface area contributed by atoms with E-state index in [1.165, 1.54) is 6.26 Å². The van der Waals surface area contributed by atoms with Gasteiger partial charge in [0.25, 0.3) is 5.91 Å². The molecule has 1 amide bonds. The summed E-state index contributed by atoms with van der Waals surface area (Å²) in [6.45, 7) is 2.84. The molecule has 1 fully saturated rings. The van der Waals surface area contributed by atoms with E-state index in [-0.39, 0.29) is 17.2 Å². The zero-order chi connectivity index (χ0) is 10.8. The quantitative estimate of drug-likeness (QED) is 0.762. The zero-order valence-electron chi connectivity index (χ0n) is 8.40. The molecule has 0 bridgehead atoms. The molecule has 1 aliphatic rings. The van der Waals surface area contributed by atoms with Crippen molar-refractivity contribution in [3.63, 3.8) is 0 Å². The van der Waals surface area contributed by atoms with E-state index >= 15 is 0 Å². The molecule has 82 valence electrons. The smallest absolute Gasteiger partial charge is 0.259 e. The van der Waals surface area contributed by atoms with Crippen LogP contribution in [0.4, 0.5) is 0 Å². The van der Waals surface area contributed by atoms with E-state index in [9.17, 15) is 4.79 Å². The van der Waals surface area contributed by atoms with Crippen molar-refractivity contribution in [3.8, 4) is 0 Å². The molecule has 2 heterocycles. The number of thioether (sulfide) groups is 1. The lowest BCUT2D eigenvalue weighted by Crippen LogP contribution is -2.44. The predicted molar refractivity (Wildman–Crippen MR) is 61.5 cm³/mol. The van der Waals surface area contributed by atoms with Crippen molar-refractivity contribution in [2.75, 3.05) is 18.1 Å². The number of hydrogen-bond acceptors (Lipinski definition) is 3. The maximum Gasteiger partial charge on any atom is 0.259 e. The van der Waals surface area contributed by atoms with Crippen LogP contribution in [0.5, 0.6) is 0 Å². The molecule has 1 aromatic heterocycles. The van der Waals surface area contributed by atoms with Gasteiger partial charge in [-0.25, -0.2) is 0 Å². The SMILES string of the molecule is CC1CSCCN1C(=O)c1ccoc1Cl. The molecule has 0 aromatic carbocycles. The topological polar surface area (TPSA) is 33.5 Å². The van der Waals surface area contributed by atoms with E-state index in [1.807, 2.05) is 16.7 Å². The van der Waals surface area contributed by atoms with Crippen molar-refractivity contribution in [2.24, 2.45) is 0 Å². The lowest BCUT2D eigenvalue weighted by molar-refractivity contribution is 0.0715. The minimum atomic E-state index is -0.0263. The van der Waals surface area contributed by atoms with Gasteiger partial charge in [0.2, 0.25) is 5.22 Å². The second kappa shape index (κ2) is 4.49. The van der Waals surface area contributed by atoms with Crippen LogP contribution in [-0.4, -0.2) is 34.9 Å². The van der Waals surface area contributed by atoms with Gasteiger partial charge in [-0.2, -0.15) is 11.8 Å². The first-order valence-corrected chi connectivity index (χ1v) is 6.35. The lowest BCUT2D eigenvalue weighted by atomic mass is 10.2. The van der Waals surface area contributed by atoms with Crippen molar-refractivity contribution in [1.82, 2.24) is 4.90 Å². The third-order valence-corrected chi connectivity index (χ3v) is 3.96. The third-order valence-electron chi connectivity index (χ3n) is 2.48. The lowest BCUT2D eigenvalue weighted by Gasteiger charge is -2.32. The van der Waals surface area contributed by atoms with E-state index in [0.717, 1.165) is 18.1 Å². The molecule has 0 aliphatic carbocycles. The fourth-order valence-electron chi connectivity index (χ4n) is 1.63. The molecular weight excluding hydrogens is 234 g/mol. The summed E-state index contributed by atoms with van der Waals surface area (Å²) in [5, 5.41) is 0.186. The maximum absolute atomic E-state index is 12.1. The Kier molecular flexibility index (Phi) is 3.26. The number of hydrogen-bond donors (Lipinski definition) is 0. The van der Waals surface area contributed by atoms with Crippen molar-refractivity contribution in [3.05, 3.63) is 23.1 Å². The highest BCUT2D eigenvalue weighted by Gasteiger charge is 2.26. The summed E-state index contributed by atoms with van der Waals surface area (Å²) in [5.74, 6) is 1.95. The molecule has 1 saturated heterocycles. The summed E-state index contributed by atoms with van der Waals surface area (Å²) >= 11 is 7.66. The van der Waals surface area contributed by atoms with Crippen LogP contribution in [0.1, 0.15) is 17.3 Å². The number of rotatable bonds is 1. The first-order valence-electron chi connectivity index (χ1n) is 4.82. The van der Waals surface area contributed by atoms with Crippen LogP contribution >= 0.6 is 23.4 Å². The van der Waals surface area contributed by atoms with E-state index < -0.39 is 0 Å².